The van der Waals surface area contributed by atoms with E-state index in [1.807, 2.05) is 60.7 Å². The average molecular weight is 236 g/mol. The summed E-state index contributed by atoms with van der Waals surface area (Å²) in [5, 5.41) is 0. The fourth-order valence-electron chi connectivity index (χ4n) is 2.14. The van der Waals surface area contributed by atoms with Gasteiger partial charge in [0.2, 0.25) is 0 Å². The molecule has 2 aromatic carbocycles. The zero-order chi connectivity index (χ0) is 12.4. The van der Waals surface area contributed by atoms with Crippen LogP contribution in [-0.2, 0) is 4.79 Å². The minimum Gasteiger partial charge on any atom is -0.480 e. The lowest BCUT2D eigenvalue weighted by atomic mass is 9.97. The molecular formula is C16H12O2. The van der Waals surface area contributed by atoms with Crippen molar-refractivity contribution in [2.45, 2.75) is 6.10 Å². The number of para-hydroxylation sites is 1. The van der Waals surface area contributed by atoms with Crippen LogP contribution in [0.3, 0.4) is 0 Å². The Balaban J connectivity index is 2.07. The molecule has 1 heterocycles. The maximum atomic E-state index is 11.2. The molecule has 0 spiro atoms. The zero-order valence-corrected chi connectivity index (χ0v) is 9.74. The van der Waals surface area contributed by atoms with E-state index in [1.54, 1.807) is 0 Å². The summed E-state index contributed by atoms with van der Waals surface area (Å²) in [5.41, 5.74) is 2.59. The second-order valence-corrected chi connectivity index (χ2v) is 4.21. The van der Waals surface area contributed by atoms with Gasteiger partial charge in [-0.1, -0.05) is 48.5 Å². The van der Waals surface area contributed by atoms with Crippen molar-refractivity contribution in [3.8, 4) is 5.75 Å². The van der Waals surface area contributed by atoms with Crippen LogP contribution in [-0.4, -0.2) is 6.29 Å². The predicted octanol–water partition coefficient (Wildman–Crippen LogP) is 3.40. The normalized spacial score (nSPS) is 17.3. The summed E-state index contributed by atoms with van der Waals surface area (Å²) in [4.78, 5) is 11.2. The smallest absolute Gasteiger partial charge is 0.152 e. The molecule has 1 aliphatic rings. The van der Waals surface area contributed by atoms with E-state index in [1.165, 1.54) is 0 Å². The van der Waals surface area contributed by atoms with Crippen molar-refractivity contribution in [2.75, 3.05) is 0 Å². The minimum atomic E-state index is -0.307. The van der Waals surface area contributed by atoms with Gasteiger partial charge in [-0.05, 0) is 17.7 Å². The monoisotopic (exact) mass is 236 g/mol. The van der Waals surface area contributed by atoms with E-state index >= 15 is 0 Å². The number of rotatable bonds is 2. The van der Waals surface area contributed by atoms with Gasteiger partial charge in [0.05, 0.1) is 0 Å². The molecule has 1 atom stereocenters. The number of hydrogen-bond donors (Lipinski definition) is 0. The Morgan fingerprint density at radius 1 is 0.944 bits per heavy atom. The first-order valence-electron chi connectivity index (χ1n) is 5.86. The molecule has 2 aromatic rings. The Morgan fingerprint density at radius 3 is 2.44 bits per heavy atom. The van der Waals surface area contributed by atoms with Crippen LogP contribution < -0.4 is 4.74 Å². The molecule has 0 saturated carbocycles. The third kappa shape index (κ3) is 1.82. The molecule has 0 radical (unpaired) electrons. The van der Waals surface area contributed by atoms with Gasteiger partial charge in [0.25, 0.3) is 0 Å². The van der Waals surface area contributed by atoms with Gasteiger partial charge in [-0.2, -0.15) is 0 Å². The Labute approximate surface area is 106 Å². The molecule has 0 bridgehead atoms. The van der Waals surface area contributed by atoms with Gasteiger partial charge in [-0.15, -0.1) is 0 Å². The number of benzene rings is 2. The highest BCUT2D eigenvalue weighted by molar-refractivity contribution is 5.85. The van der Waals surface area contributed by atoms with Crippen molar-refractivity contribution < 1.29 is 9.53 Å². The first kappa shape index (κ1) is 10.8. The standard InChI is InChI=1S/C16H12O2/c17-11-14-10-13-8-4-5-9-15(13)18-16(14)12-6-2-1-3-7-12/h1-11,16H/t16-/m1/s1. The topological polar surface area (TPSA) is 26.3 Å². The van der Waals surface area contributed by atoms with Gasteiger partial charge in [0.1, 0.15) is 12.0 Å². The third-order valence-corrected chi connectivity index (χ3v) is 3.03. The molecule has 18 heavy (non-hydrogen) atoms. The van der Waals surface area contributed by atoms with Gasteiger partial charge in [-0.3, -0.25) is 4.79 Å². The van der Waals surface area contributed by atoms with Crippen LogP contribution in [0, 0.1) is 0 Å². The number of ether oxygens (including phenoxy) is 1. The first-order valence-corrected chi connectivity index (χ1v) is 5.86. The summed E-state index contributed by atoms with van der Waals surface area (Å²) in [5.74, 6) is 0.817. The van der Waals surface area contributed by atoms with Crippen LogP contribution in [0.2, 0.25) is 0 Å². The number of hydrogen-bond acceptors (Lipinski definition) is 2. The van der Waals surface area contributed by atoms with E-state index < -0.39 is 0 Å². The molecule has 0 amide bonds. The lowest BCUT2D eigenvalue weighted by molar-refractivity contribution is -0.105. The van der Waals surface area contributed by atoms with Crippen molar-refractivity contribution in [3.63, 3.8) is 0 Å². The van der Waals surface area contributed by atoms with E-state index in [-0.39, 0.29) is 6.10 Å². The summed E-state index contributed by atoms with van der Waals surface area (Å²) in [7, 11) is 0. The lowest BCUT2D eigenvalue weighted by Crippen LogP contribution is -2.15. The number of carbonyl (C=O) groups is 1. The summed E-state index contributed by atoms with van der Waals surface area (Å²) >= 11 is 0. The van der Waals surface area contributed by atoms with Crippen LogP contribution >= 0.6 is 0 Å². The maximum Gasteiger partial charge on any atom is 0.152 e. The third-order valence-electron chi connectivity index (χ3n) is 3.03. The van der Waals surface area contributed by atoms with Gasteiger partial charge in [0.15, 0.2) is 6.10 Å². The summed E-state index contributed by atoms with van der Waals surface area (Å²) in [6.45, 7) is 0. The van der Waals surface area contributed by atoms with Crippen molar-refractivity contribution in [1.29, 1.82) is 0 Å². The Hall–Kier alpha value is -2.35. The van der Waals surface area contributed by atoms with E-state index in [0.29, 0.717) is 5.57 Å². The van der Waals surface area contributed by atoms with Crippen LogP contribution in [0.15, 0.2) is 60.2 Å². The van der Waals surface area contributed by atoms with Crippen molar-refractivity contribution >= 4 is 12.4 Å². The minimum absolute atomic E-state index is 0.307. The molecule has 88 valence electrons. The van der Waals surface area contributed by atoms with E-state index in [2.05, 4.69) is 0 Å². The largest absolute Gasteiger partial charge is 0.480 e. The molecule has 0 aromatic heterocycles. The molecule has 0 aliphatic carbocycles. The Bertz CT molecular complexity index is 600. The van der Waals surface area contributed by atoms with Gasteiger partial charge in [-0.25, -0.2) is 0 Å². The quantitative estimate of drug-likeness (QED) is 0.747. The van der Waals surface area contributed by atoms with Crippen molar-refractivity contribution in [3.05, 3.63) is 71.3 Å². The first-order chi connectivity index (χ1) is 8.88. The molecule has 2 heteroatoms. The summed E-state index contributed by atoms with van der Waals surface area (Å²) in [6.07, 6.45) is 2.45. The fourth-order valence-corrected chi connectivity index (χ4v) is 2.14. The van der Waals surface area contributed by atoms with Crippen LogP contribution in [0.1, 0.15) is 17.2 Å². The highest BCUT2D eigenvalue weighted by Gasteiger charge is 2.23. The summed E-state index contributed by atoms with van der Waals surface area (Å²) < 4.78 is 5.92. The highest BCUT2D eigenvalue weighted by Crippen LogP contribution is 2.36. The Morgan fingerprint density at radius 2 is 1.67 bits per heavy atom. The SMILES string of the molecule is O=CC1=Cc2ccccc2O[C@@H]1c1ccccc1. The molecule has 3 rings (SSSR count). The van der Waals surface area contributed by atoms with Crippen LogP contribution in [0.25, 0.3) is 6.08 Å². The predicted molar refractivity (Wildman–Crippen MR) is 70.3 cm³/mol. The van der Waals surface area contributed by atoms with E-state index in [9.17, 15) is 4.79 Å². The molecule has 0 unspecified atom stereocenters. The van der Waals surface area contributed by atoms with Crippen molar-refractivity contribution in [2.24, 2.45) is 0 Å². The zero-order valence-electron chi connectivity index (χ0n) is 9.74. The molecule has 0 saturated heterocycles. The van der Waals surface area contributed by atoms with Gasteiger partial charge < -0.3 is 4.74 Å². The number of fused-ring (bicyclic) bond motifs is 1. The molecule has 2 nitrogen and oxygen atoms in total. The Kier molecular flexibility index (Phi) is 2.69. The number of carbonyl (C=O) groups excluding carboxylic acids is 1. The van der Waals surface area contributed by atoms with Gasteiger partial charge >= 0.3 is 0 Å². The lowest BCUT2D eigenvalue weighted by Gasteiger charge is -2.25. The van der Waals surface area contributed by atoms with E-state index in [0.717, 1.165) is 23.2 Å². The molecule has 1 aliphatic heterocycles. The highest BCUT2D eigenvalue weighted by atomic mass is 16.5. The van der Waals surface area contributed by atoms with Crippen molar-refractivity contribution in [1.82, 2.24) is 0 Å². The second-order valence-electron chi connectivity index (χ2n) is 4.21. The average Bonchev–Trinajstić information content (AvgIpc) is 2.46. The van der Waals surface area contributed by atoms with Crippen LogP contribution in [0.5, 0.6) is 5.75 Å². The molecular weight excluding hydrogens is 224 g/mol. The summed E-state index contributed by atoms with van der Waals surface area (Å²) in [6, 6.07) is 17.5. The van der Waals surface area contributed by atoms with Crippen LogP contribution in [0.4, 0.5) is 0 Å². The number of aldehydes is 1. The van der Waals surface area contributed by atoms with Gasteiger partial charge in [0, 0.05) is 11.1 Å². The molecule has 0 N–H and O–H groups in total. The second kappa shape index (κ2) is 4.49. The van der Waals surface area contributed by atoms with E-state index in [4.69, 9.17) is 4.74 Å². The maximum absolute atomic E-state index is 11.2. The molecule has 0 fully saturated rings. The fraction of sp³-hybridized carbons (Fsp3) is 0.0625.